The molecule has 0 spiro atoms. The van der Waals surface area contributed by atoms with Gasteiger partial charge in [-0.25, -0.2) is 0 Å². The zero-order valence-corrected chi connectivity index (χ0v) is 15.5. The predicted octanol–water partition coefficient (Wildman–Crippen LogP) is 4.37. The third-order valence-electron chi connectivity index (χ3n) is 3.69. The lowest BCUT2D eigenvalue weighted by molar-refractivity contribution is -0.111. The van der Waals surface area contributed by atoms with Gasteiger partial charge in [-0.3, -0.25) is 4.79 Å². The molecule has 6 nitrogen and oxygen atoms in total. The maximum absolute atomic E-state index is 12.2. The Labute approximate surface area is 164 Å². The monoisotopic (exact) mass is 411 g/mol. The van der Waals surface area contributed by atoms with E-state index in [0.717, 1.165) is 0 Å². The normalized spacial score (nSPS) is 12.9. The van der Waals surface area contributed by atoms with E-state index >= 15 is 0 Å². The average Bonchev–Trinajstić information content (AvgIpc) is 2.67. The summed E-state index contributed by atoms with van der Waals surface area (Å²) in [5.74, 6) is 0.947. The summed E-state index contributed by atoms with van der Waals surface area (Å²) >= 11 is 5.86. The van der Waals surface area contributed by atoms with Crippen LogP contribution in [-0.4, -0.2) is 32.8 Å². The van der Waals surface area contributed by atoms with E-state index in [2.05, 4.69) is 10.1 Å². The summed E-state index contributed by atoms with van der Waals surface area (Å²) in [6.07, 6.45) is 2.88. The lowest BCUT2D eigenvalue weighted by Gasteiger charge is -2.20. The van der Waals surface area contributed by atoms with E-state index in [1.807, 2.05) is 0 Å². The van der Waals surface area contributed by atoms with Gasteiger partial charge in [0.1, 0.15) is 19.0 Å². The molecule has 28 heavy (non-hydrogen) atoms. The summed E-state index contributed by atoms with van der Waals surface area (Å²) in [4.78, 5) is 12.1. The Morgan fingerprint density at radius 1 is 1.21 bits per heavy atom. The van der Waals surface area contributed by atoms with Gasteiger partial charge in [0.05, 0.1) is 12.1 Å². The van der Waals surface area contributed by atoms with Crippen LogP contribution in [0.2, 0.25) is 5.02 Å². The summed E-state index contributed by atoms with van der Waals surface area (Å²) < 4.78 is 45.1. The zero-order valence-electron chi connectivity index (χ0n) is 14.7. The van der Waals surface area contributed by atoms with Gasteiger partial charge < -0.3 is 24.3 Å². The minimum atomic E-state index is -2.98. The van der Waals surface area contributed by atoms with Crippen LogP contribution in [0.4, 0.5) is 14.5 Å². The van der Waals surface area contributed by atoms with Gasteiger partial charge in [0.15, 0.2) is 11.5 Å². The molecule has 2 aromatic rings. The maximum atomic E-state index is 12.2. The van der Waals surface area contributed by atoms with Crippen LogP contribution in [0, 0.1) is 0 Å². The number of carbonyl (C=O) groups is 1. The molecule has 0 aliphatic carbocycles. The number of fused-ring (bicyclic) bond motifs is 1. The van der Waals surface area contributed by atoms with Gasteiger partial charge >= 0.3 is 6.61 Å². The van der Waals surface area contributed by atoms with Gasteiger partial charge in [0.25, 0.3) is 0 Å². The van der Waals surface area contributed by atoms with Crippen LogP contribution in [0.15, 0.2) is 36.4 Å². The molecule has 1 N–H and O–H groups in total. The number of nitrogens with one attached hydrogen (secondary N) is 1. The highest BCUT2D eigenvalue weighted by molar-refractivity contribution is 6.32. The van der Waals surface area contributed by atoms with Crippen LogP contribution in [-0.2, 0) is 4.79 Å². The van der Waals surface area contributed by atoms with Gasteiger partial charge in [-0.1, -0.05) is 11.6 Å². The quantitative estimate of drug-likeness (QED) is 0.715. The number of alkyl halides is 2. The molecule has 1 amide bonds. The molecule has 0 fully saturated rings. The average molecular weight is 412 g/mol. The minimum absolute atomic E-state index is 0.0429. The van der Waals surface area contributed by atoms with Crippen LogP contribution in [0.5, 0.6) is 23.0 Å². The molecule has 2 aromatic carbocycles. The highest BCUT2D eigenvalue weighted by Crippen LogP contribution is 2.40. The molecular weight excluding hydrogens is 396 g/mol. The summed E-state index contributed by atoms with van der Waals surface area (Å²) in [5.41, 5.74) is 1.01. The van der Waals surface area contributed by atoms with E-state index in [9.17, 15) is 13.6 Å². The van der Waals surface area contributed by atoms with Crippen molar-refractivity contribution in [2.75, 3.05) is 25.6 Å². The number of anilines is 1. The first kappa shape index (κ1) is 19.8. The van der Waals surface area contributed by atoms with Crippen molar-refractivity contribution < 1.29 is 32.5 Å². The molecular formula is C19H16ClF2NO5. The van der Waals surface area contributed by atoms with Crippen molar-refractivity contribution in [3.8, 4) is 23.0 Å². The third kappa shape index (κ3) is 4.83. The van der Waals surface area contributed by atoms with Gasteiger partial charge in [-0.05, 0) is 42.0 Å². The topological polar surface area (TPSA) is 66.0 Å². The van der Waals surface area contributed by atoms with E-state index in [1.54, 1.807) is 18.2 Å². The van der Waals surface area contributed by atoms with Gasteiger partial charge in [-0.15, -0.1) is 0 Å². The summed E-state index contributed by atoms with van der Waals surface area (Å²) in [6.45, 7) is -2.12. The number of rotatable bonds is 6. The Kier molecular flexibility index (Phi) is 6.20. The van der Waals surface area contributed by atoms with Gasteiger partial charge in [0.2, 0.25) is 11.7 Å². The van der Waals surface area contributed by atoms with Gasteiger partial charge in [0, 0.05) is 11.8 Å². The molecule has 0 atom stereocenters. The summed E-state index contributed by atoms with van der Waals surface area (Å²) in [7, 11) is 1.51. The zero-order chi connectivity index (χ0) is 20.1. The van der Waals surface area contributed by atoms with Crippen LogP contribution >= 0.6 is 11.6 Å². The van der Waals surface area contributed by atoms with E-state index < -0.39 is 12.5 Å². The van der Waals surface area contributed by atoms with Crippen molar-refractivity contribution in [2.45, 2.75) is 6.61 Å². The number of carbonyl (C=O) groups excluding carboxylic acids is 1. The third-order valence-corrected chi connectivity index (χ3v) is 3.99. The molecule has 0 bridgehead atoms. The number of ether oxygens (including phenoxy) is 4. The number of hydrogen-bond acceptors (Lipinski definition) is 5. The second kappa shape index (κ2) is 8.79. The number of benzene rings is 2. The van der Waals surface area contributed by atoms with Crippen LogP contribution in [0.25, 0.3) is 6.08 Å². The molecule has 0 radical (unpaired) electrons. The first-order valence-electron chi connectivity index (χ1n) is 8.17. The number of halogens is 3. The molecule has 0 unspecified atom stereocenters. The Morgan fingerprint density at radius 3 is 2.71 bits per heavy atom. The summed E-state index contributed by atoms with van der Waals surface area (Å²) in [5, 5.41) is 2.54. The molecule has 9 heteroatoms. The van der Waals surface area contributed by atoms with Crippen molar-refractivity contribution in [1.82, 2.24) is 0 Å². The van der Waals surface area contributed by atoms with Crippen molar-refractivity contribution >= 4 is 29.3 Å². The fourth-order valence-electron chi connectivity index (χ4n) is 2.52. The number of methoxy groups -OCH3 is 1. The standard InChI is InChI=1S/C19H16ClF2NO5/c1-25-15-8-11(9-16-18(15)27-7-6-26-16)2-5-17(24)23-12-3-4-14(13(20)10-12)28-19(21)22/h2-5,8-10,19H,6-7H2,1H3,(H,23,24)/b5-2+. The largest absolute Gasteiger partial charge is 0.493 e. The highest BCUT2D eigenvalue weighted by Gasteiger charge is 2.18. The SMILES string of the molecule is COc1cc(/C=C/C(=O)Nc2ccc(OC(F)F)c(Cl)c2)cc2c1OCCO2. The van der Waals surface area contributed by atoms with Crippen molar-refractivity contribution in [2.24, 2.45) is 0 Å². The second-order valence-electron chi connectivity index (χ2n) is 5.59. The Bertz CT molecular complexity index is 887. The van der Waals surface area contributed by atoms with Gasteiger partial charge in [-0.2, -0.15) is 8.78 Å². The molecule has 0 saturated heterocycles. The molecule has 0 saturated carbocycles. The summed E-state index contributed by atoms with van der Waals surface area (Å²) in [6, 6.07) is 7.42. The van der Waals surface area contributed by atoms with E-state index in [1.165, 1.54) is 31.4 Å². The first-order chi connectivity index (χ1) is 13.5. The Balaban J connectivity index is 1.69. The Hall–Kier alpha value is -3.00. The molecule has 0 aromatic heterocycles. The first-order valence-corrected chi connectivity index (χ1v) is 8.55. The molecule has 1 heterocycles. The van der Waals surface area contributed by atoms with E-state index in [0.29, 0.717) is 41.7 Å². The molecule has 1 aliphatic rings. The second-order valence-corrected chi connectivity index (χ2v) is 6.00. The highest BCUT2D eigenvalue weighted by atomic mass is 35.5. The Morgan fingerprint density at radius 2 is 2.00 bits per heavy atom. The van der Waals surface area contributed by atoms with Crippen LogP contribution < -0.4 is 24.3 Å². The number of amides is 1. The fourth-order valence-corrected chi connectivity index (χ4v) is 2.74. The minimum Gasteiger partial charge on any atom is -0.493 e. The smallest absolute Gasteiger partial charge is 0.387 e. The molecule has 3 rings (SSSR count). The van der Waals surface area contributed by atoms with E-state index in [4.69, 9.17) is 25.8 Å². The van der Waals surface area contributed by atoms with Crippen molar-refractivity contribution in [3.05, 3.63) is 47.0 Å². The van der Waals surface area contributed by atoms with E-state index in [-0.39, 0.29) is 10.8 Å². The van der Waals surface area contributed by atoms with Crippen molar-refractivity contribution in [1.29, 1.82) is 0 Å². The van der Waals surface area contributed by atoms with Crippen LogP contribution in [0.3, 0.4) is 0 Å². The maximum Gasteiger partial charge on any atom is 0.387 e. The molecule has 1 aliphatic heterocycles. The van der Waals surface area contributed by atoms with Crippen molar-refractivity contribution in [3.63, 3.8) is 0 Å². The fraction of sp³-hybridized carbons (Fsp3) is 0.211. The van der Waals surface area contributed by atoms with Crippen LogP contribution in [0.1, 0.15) is 5.56 Å². The number of hydrogen-bond donors (Lipinski definition) is 1. The lowest BCUT2D eigenvalue weighted by atomic mass is 10.1. The molecule has 148 valence electrons. The lowest BCUT2D eigenvalue weighted by Crippen LogP contribution is -2.16. The predicted molar refractivity (Wildman–Crippen MR) is 99.7 cm³/mol.